The SMILES string of the molecule is FC(F)(F)c1ccc(CN[C@H](c2ncccn2)C2CC2)nc1. The highest BCUT2D eigenvalue weighted by molar-refractivity contribution is 5.17. The van der Waals surface area contributed by atoms with Crippen molar-refractivity contribution in [2.24, 2.45) is 5.92 Å². The Morgan fingerprint density at radius 2 is 1.86 bits per heavy atom. The molecule has 7 heteroatoms. The summed E-state index contributed by atoms with van der Waals surface area (Å²) in [5.74, 6) is 1.20. The molecule has 22 heavy (non-hydrogen) atoms. The van der Waals surface area contributed by atoms with Crippen molar-refractivity contribution in [1.82, 2.24) is 20.3 Å². The Hall–Kier alpha value is -2.02. The minimum atomic E-state index is -4.35. The minimum Gasteiger partial charge on any atom is -0.301 e. The number of hydrogen-bond donors (Lipinski definition) is 1. The number of aromatic nitrogens is 3. The van der Waals surface area contributed by atoms with Gasteiger partial charge in [0.1, 0.15) is 5.82 Å². The molecule has 1 aliphatic rings. The van der Waals surface area contributed by atoms with Crippen LogP contribution in [0, 0.1) is 5.92 Å². The third kappa shape index (κ3) is 3.59. The first-order valence-electron chi connectivity index (χ1n) is 7.06. The summed E-state index contributed by atoms with van der Waals surface area (Å²) in [6.45, 7) is 0.386. The Labute approximate surface area is 125 Å². The Morgan fingerprint density at radius 1 is 1.14 bits per heavy atom. The molecular weight excluding hydrogens is 293 g/mol. The maximum atomic E-state index is 12.5. The van der Waals surface area contributed by atoms with Gasteiger partial charge in [0.05, 0.1) is 17.3 Å². The molecule has 116 valence electrons. The summed E-state index contributed by atoms with van der Waals surface area (Å²) in [4.78, 5) is 12.4. The zero-order chi connectivity index (χ0) is 15.6. The van der Waals surface area contributed by atoms with Crippen molar-refractivity contribution in [2.75, 3.05) is 0 Å². The van der Waals surface area contributed by atoms with Crippen molar-refractivity contribution >= 4 is 0 Å². The first-order valence-corrected chi connectivity index (χ1v) is 7.06. The van der Waals surface area contributed by atoms with Gasteiger partial charge in [0.2, 0.25) is 0 Å². The number of halogens is 3. The van der Waals surface area contributed by atoms with E-state index in [1.807, 2.05) is 0 Å². The van der Waals surface area contributed by atoms with Gasteiger partial charge in [0, 0.05) is 25.1 Å². The molecular formula is C15H15F3N4. The summed E-state index contributed by atoms with van der Waals surface area (Å²) in [6, 6.07) is 4.22. The summed E-state index contributed by atoms with van der Waals surface area (Å²) < 4.78 is 37.5. The molecule has 0 aromatic carbocycles. The molecule has 4 nitrogen and oxygen atoms in total. The van der Waals surface area contributed by atoms with E-state index in [1.54, 1.807) is 18.5 Å². The molecule has 1 fully saturated rings. The average Bonchev–Trinajstić information content (AvgIpc) is 3.33. The molecule has 0 saturated heterocycles. The number of pyridine rings is 1. The zero-order valence-corrected chi connectivity index (χ0v) is 11.7. The Morgan fingerprint density at radius 3 is 2.41 bits per heavy atom. The molecule has 1 N–H and O–H groups in total. The highest BCUT2D eigenvalue weighted by atomic mass is 19.4. The van der Waals surface area contributed by atoms with Gasteiger partial charge < -0.3 is 5.32 Å². The van der Waals surface area contributed by atoms with Crippen LogP contribution >= 0.6 is 0 Å². The highest BCUT2D eigenvalue weighted by Crippen LogP contribution is 2.39. The fraction of sp³-hybridized carbons (Fsp3) is 0.400. The maximum Gasteiger partial charge on any atom is 0.417 e. The van der Waals surface area contributed by atoms with Crippen LogP contribution in [0.3, 0.4) is 0 Å². The molecule has 0 amide bonds. The van der Waals surface area contributed by atoms with E-state index in [9.17, 15) is 13.2 Å². The highest BCUT2D eigenvalue weighted by Gasteiger charge is 2.34. The van der Waals surface area contributed by atoms with E-state index in [0.29, 0.717) is 18.2 Å². The monoisotopic (exact) mass is 308 g/mol. The average molecular weight is 308 g/mol. The topological polar surface area (TPSA) is 50.7 Å². The van der Waals surface area contributed by atoms with Crippen LogP contribution < -0.4 is 5.32 Å². The minimum absolute atomic E-state index is 0.0188. The van der Waals surface area contributed by atoms with Gasteiger partial charge in [-0.3, -0.25) is 4.98 Å². The van der Waals surface area contributed by atoms with E-state index in [2.05, 4.69) is 20.3 Å². The fourth-order valence-corrected chi connectivity index (χ4v) is 2.28. The van der Waals surface area contributed by atoms with Crippen molar-refractivity contribution < 1.29 is 13.2 Å². The predicted octanol–water partition coefficient (Wildman–Crippen LogP) is 3.13. The van der Waals surface area contributed by atoms with Gasteiger partial charge in [-0.2, -0.15) is 13.2 Å². The quantitative estimate of drug-likeness (QED) is 0.922. The molecule has 2 aromatic heterocycles. The van der Waals surface area contributed by atoms with E-state index in [1.165, 1.54) is 6.07 Å². The van der Waals surface area contributed by atoms with Crippen LogP contribution in [0.1, 0.15) is 36.0 Å². The third-order valence-electron chi connectivity index (χ3n) is 3.61. The molecule has 0 radical (unpaired) electrons. The van der Waals surface area contributed by atoms with Crippen LogP contribution in [0.5, 0.6) is 0 Å². The summed E-state index contributed by atoms with van der Waals surface area (Å²) in [7, 11) is 0. The Balaban J connectivity index is 1.65. The summed E-state index contributed by atoms with van der Waals surface area (Å²) in [5.41, 5.74) is -0.170. The van der Waals surface area contributed by atoms with Crippen LogP contribution in [-0.2, 0) is 12.7 Å². The Kier molecular flexibility index (Phi) is 4.06. The molecule has 0 aliphatic heterocycles. The van der Waals surface area contributed by atoms with E-state index >= 15 is 0 Å². The number of nitrogens with one attached hydrogen (secondary N) is 1. The predicted molar refractivity (Wildman–Crippen MR) is 73.6 cm³/mol. The van der Waals surface area contributed by atoms with E-state index in [4.69, 9.17) is 0 Å². The molecule has 1 saturated carbocycles. The lowest BCUT2D eigenvalue weighted by molar-refractivity contribution is -0.137. The molecule has 0 bridgehead atoms. The zero-order valence-electron chi connectivity index (χ0n) is 11.7. The van der Waals surface area contributed by atoms with Gasteiger partial charge >= 0.3 is 6.18 Å². The van der Waals surface area contributed by atoms with Crippen LogP contribution in [0.2, 0.25) is 0 Å². The van der Waals surface area contributed by atoms with Crippen molar-refractivity contribution in [1.29, 1.82) is 0 Å². The fourth-order valence-electron chi connectivity index (χ4n) is 2.28. The van der Waals surface area contributed by atoms with Gasteiger partial charge in [0.25, 0.3) is 0 Å². The van der Waals surface area contributed by atoms with Crippen molar-refractivity contribution in [3.8, 4) is 0 Å². The van der Waals surface area contributed by atoms with Crippen molar-refractivity contribution in [3.63, 3.8) is 0 Å². The van der Waals surface area contributed by atoms with Gasteiger partial charge in [-0.1, -0.05) is 0 Å². The maximum absolute atomic E-state index is 12.5. The smallest absolute Gasteiger partial charge is 0.301 e. The number of hydrogen-bond acceptors (Lipinski definition) is 4. The van der Waals surface area contributed by atoms with Gasteiger partial charge in [-0.15, -0.1) is 0 Å². The standard InChI is InChI=1S/C15H15F3N4/c16-15(17,18)11-4-5-12(21-8-11)9-22-13(10-2-3-10)14-19-6-1-7-20-14/h1,4-8,10,13,22H,2-3,9H2/t13-/m0/s1. The largest absolute Gasteiger partial charge is 0.417 e. The summed E-state index contributed by atoms with van der Waals surface area (Å²) in [5, 5.41) is 3.30. The molecule has 1 atom stereocenters. The van der Waals surface area contributed by atoms with Crippen molar-refractivity contribution in [2.45, 2.75) is 31.6 Å². The molecule has 2 aromatic rings. The summed E-state index contributed by atoms with van der Waals surface area (Å²) >= 11 is 0. The number of alkyl halides is 3. The molecule has 1 aliphatic carbocycles. The lowest BCUT2D eigenvalue weighted by Crippen LogP contribution is -2.25. The van der Waals surface area contributed by atoms with Crippen LogP contribution in [0.25, 0.3) is 0 Å². The lowest BCUT2D eigenvalue weighted by atomic mass is 10.1. The Bertz CT molecular complexity index is 609. The van der Waals surface area contributed by atoms with Crippen LogP contribution in [0.4, 0.5) is 13.2 Å². The second-order valence-electron chi connectivity index (χ2n) is 5.34. The second-order valence-corrected chi connectivity index (χ2v) is 5.34. The molecule has 0 unspecified atom stereocenters. The molecule has 3 rings (SSSR count). The van der Waals surface area contributed by atoms with Gasteiger partial charge in [-0.25, -0.2) is 9.97 Å². The first kappa shape index (κ1) is 14.9. The first-order chi connectivity index (χ1) is 10.5. The van der Waals surface area contributed by atoms with Crippen molar-refractivity contribution in [3.05, 3.63) is 53.9 Å². The molecule has 0 spiro atoms. The van der Waals surface area contributed by atoms with Crippen LogP contribution in [-0.4, -0.2) is 15.0 Å². The lowest BCUT2D eigenvalue weighted by Gasteiger charge is -2.16. The molecule has 2 heterocycles. The van der Waals surface area contributed by atoms with Gasteiger partial charge in [0.15, 0.2) is 0 Å². The van der Waals surface area contributed by atoms with E-state index in [-0.39, 0.29) is 6.04 Å². The van der Waals surface area contributed by atoms with Crippen LogP contribution in [0.15, 0.2) is 36.8 Å². The summed E-state index contributed by atoms with van der Waals surface area (Å²) in [6.07, 6.45) is 2.10. The normalized spacial score (nSPS) is 16.5. The van der Waals surface area contributed by atoms with Gasteiger partial charge in [-0.05, 0) is 37.0 Å². The third-order valence-corrected chi connectivity index (χ3v) is 3.61. The number of nitrogens with zero attached hydrogens (tertiary/aromatic N) is 3. The van der Waals surface area contributed by atoms with E-state index in [0.717, 1.165) is 30.9 Å². The second kappa shape index (κ2) is 6.00. The van der Waals surface area contributed by atoms with E-state index < -0.39 is 11.7 Å². The number of rotatable bonds is 5.